The highest BCUT2D eigenvalue weighted by Gasteiger charge is 2.57. The highest BCUT2D eigenvalue weighted by molar-refractivity contribution is 8.03. The highest BCUT2D eigenvalue weighted by atomic mass is 32.2. The number of nitrogens with zero attached hydrogens (tertiary/aromatic N) is 1. The van der Waals surface area contributed by atoms with E-state index in [1.165, 1.54) is 28.0 Å². The molecule has 212 valence electrons. The number of ether oxygens (including phenoxy) is 1. The molecule has 3 heterocycles. The predicted molar refractivity (Wildman–Crippen MR) is 162 cm³/mol. The van der Waals surface area contributed by atoms with Gasteiger partial charge in [0.25, 0.3) is 0 Å². The largest absolute Gasteiger partial charge is 0.451 e. The van der Waals surface area contributed by atoms with Gasteiger partial charge in [0.15, 0.2) is 12.1 Å². The lowest BCUT2D eigenvalue weighted by Crippen LogP contribution is -2.74. The molecule has 2 N–H and O–H groups in total. The van der Waals surface area contributed by atoms with Gasteiger partial charge in [-0.25, -0.2) is 4.79 Å². The van der Waals surface area contributed by atoms with Crippen LogP contribution in [0.4, 0.5) is 0 Å². The van der Waals surface area contributed by atoms with E-state index >= 15 is 0 Å². The molecule has 2 aliphatic heterocycles. The van der Waals surface area contributed by atoms with Crippen molar-refractivity contribution in [3.8, 4) is 0 Å². The van der Waals surface area contributed by atoms with Crippen molar-refractivity contribution in [2.24, 2.45) is 0 Å². The zero-order valence-corrected chi connectivity index (χ0v) is 24.0. The van der Waals surface area contributed by atoms with Gasteiger partial charge in [-0.2, -0.15) is 0 Å². The van der Waals surface area contributed by atoms with Gasteiger partial charge in [-0.15, -0.1) is 23.1 Å². The van der Waals surface area contributed by atoms with E-state index < -0.39 is 41.5 Å². The maximum atomic E-state index is 14.1. The average molecular weight is 597 g/mol. The van der Waals surface area contributed by atoms with Crippen LogP contribution in [0.2, 0.25) is 0 Å². The number of aliphatic hydroxyl groups is 1. The first-order valence-electron chi connectivity index (χ1n) is 13.5. The van der Waals surface area contributed by atoms with E-state index in [0.717, 1.165) is 16.0 Å². The standard InChI is InChI=1S/C33H28N2O5S2/c36-26(19-24-17-10-18-41-24)34-27-31(38)35-28(25(20-42-32(27)35)29(37)21-11-4-1-5-12-21)33(39)40-30(22-13-6-2-7-14-22)23-15-8-3-9-16-23/h1-18,20,27-30,32,37H,19H2,(H,34,36)/t27?,28?,29?,32-/m1/s1. The molecule has 0 spiro atoms. The maximum absolute atomic E-state index is 14.1. The van der Waals surface area contributed by atoms with Crippen LogP contribution in [0.1, 0.15) is 33.8 Å². The Morgan fingerprint density at radius 3 is 2.02 bits per heavy atom. The summed E-state index contributed by atoms with van der Waals surface area (Å²) in [4.78, 5) is 42.7. The summed E-state index contributed by atoms with van der Waals surface area (Å²) in [5.41, 5.74) is 2.50. The number of β-lactam (4-membered cyclic amide) rings is 1. The molecule has 9 heteroatoms. The number of benzene rings is 3. The van der Waals surface area contributed by atoms with Gasteiger partial charge in [-0.05, 0) is 33.5 Å². The molecular formula is C33H28N2O5S2. The maximum Gasteiger partial charge on any atom is 0.334 e. The van der Waals surface area contributed by atoms with Crippen LogP contribution in [-0.2, 0) is 25.5 Å². The lowest BCUT2D eigenvalue weighted by atomic mass is 9.91. The van der Waals surface area contributed by atoms with Crippen molar-refractivity contribution in [1.82, 2.24) is 10.2 Å². The topological polar surface area (TPSA) is 95.9 Å². The number of fused-ring (bicyclic) bond motifs is 1. The number of hydrogen-bond donors (Lipinski definition) is 2. The third kappa shape index (κ3) is 5.63. The van der Waals surface area contributed by atoms with Crippen molar-refractivity contribution < 1.29 is 24.2 Å². The summed E-state index contributed by atoms with van der Waals surface area (Å²) < 4.78 is 6.19. The zero-order chi connectivity index (χ0) is 29.1. The van der Waals surface area contributed by atoms with Gasteiger partial charge in [0.05, 0.1) is 6.42 Å². The van der Waals surface area contributed by atoms with E-state index in [1.807, 2.05) is 84.2 Å². The number of carbonyl (C=O) groups is 3. The molecule has 4 aromatic rings. The number of nitrogens with one attached hydrogen (secondary N) is 1. The average Bonchev–Trinajstić information content (AvgIpc) is 3.55. The molecule has 6 rings (SSSR count). The second-order valence-corrected chi connectivity index (χ2v) is 12.1. The lowest BCUT2D eigenvalue weighted by Gasteiger charge is -2.52. The summed E-state index contributed by atoms with van der Waals surface area (Å²) in [7, 11) is 0. The van der Waals surface area contributed by atoms with Gasteiger partial charge in [-0.1, -0.05) is 97.1 Å². The molecule has 0 aliphatic carbocycles. The predicted octanol–water partition coefficient (Wildman–Crippen LogP) is 5.01. The number of carbonyl (C=O) groups excluding carboxylic acids is 3. The van der Waals surface area contributed by atoms with E-state index in [9.17, 15) is 19.5 Å². The summed E-state index contributed by atoms with van der Waals surface area (Å²) in [6.07, 6.45) is -1.68. The Morgan fingerprint density at radius 1 is 0.857 bits per heavy atom. The summed E-state index contributed by atoms with van der Waals surface area (Å²) in [6.45, 7) is 0. The van der Waals surface area contributed by atoms with Crippen molar-refractivity contribution in [3.63, 3.8) is 0 Å². The molecule has 1 fully saturated rings. The number of hydrogen-bond acceptors (Lipinski definition) is 7. The molecule has 0 bridgehead atoms. The Bertz CT molecular complexity index is 1540. The molecule has 0 saturated carbocycles. The van der Waals surface area contributed by atoms with Crippen molar-refractivity contribution in [1.29, 1.82) is 0 Å². The molecular weight excluding hydrogens is 569 g/mol. The smallest absolute Gasteiger partial charge is 0.334 e. The van der Waals surface area contributed by atoms with Crippen LogP contribution >= 0.6 is 23.1 Å². The molecule has 1 saturated heterocycles. The van der Waals surface area contributed by atoms with Gasteiger partial charge in [0, 0.05) is 10.5 Å². The first-order valence-corrected chi connectivity index (χ1v) is 15.4. The van der Waals surface area contributed by atoms with E-state index in [-0.39, 0.29) is 12.3 Å². The van der Waals surface area contributed by atoms with Crippen molar-refractivity contribution in [3.05, 3.63) is 141 Å². The second-order valence-electron chi connectivity index (χ2n) is 10.0. The Kier molecular flexibility index (Phi) is 8.23. The minimum atomic E-state index is -1.17. The third-order valence-electron chi connectivity index (χ3n) is 7.34. The molecule has 7 nitrogen and oxygen atoms in total. The Balaban J connectivity index is 1.30. The minimum Gasteiger partial charge on any atom is -0.451 e. The monoisotopic (exact) mass is 596 g/mol. The number of aliphatic hydroxyl groups excluding tert-OH is 1. The first-order chi connectivity index (χ1) is 20.5. The first kappa shape index (κ1) is 28.0. The van der Waals surface area contributed by atoms with Gasteiger partial charge in [0.2, 0.25) is 11.8 Å². The third-order valence-corrected chi connectivity index (χ3v) is 9.40. The van der Waals surface area contributed by atoms with E-state index in [2.05, 4.69) is 5.32 Å². The van der Waals surface area contributed by atoms with Crippen molar-refractivity contribution in [2.75, 3.05) is 0 Å². The normalized spacial score (nSPS) is 20.2. The van der Waals surface area contributed by atoms with Gasteiger partial charge >= 0.3 is 5.97 Å². The SMILES string of the molecule is O=C(Cc1cccs1)NC1C(=O)N2C(C(=O)OC(c3ccccc3)c3ccccc3)C(C(O)c3ccccc3)=CS[C@H]12. The van der Waals surface area contributed by atoms with E-state index in [1.54, 1.807) is 29.7 Å². The number of esters is 1. The molecule has 1 aromatic heterocycles. The fraction of sp³-hybridized carbons (Fsp3) is 0.182. The van der Waals surface area contributed by atoms with Crippen LogP contribution in [0.5, 0.6) is 0 Å². The highest BCUT2D eigenvalue weighted by Crippen LogP contribution is 2.44. The van der Waals surface area contributed by atoms with Gasteiger partial charge in [-0.3, -0.25) is 9.59 Å². The Morgan fingerprint density at radius 2 is 1.45 bits per heavy atom. The molecule has 4 atom stereocenters. The molecule has 3 aromatic carbocycles. The fourth-order valence-corrected chi connectivity index (χ4v) is 7.22. The summed E-state index contributed by atoms with van der Waals surface area (Å²) in [5, 5.41) is 17.4. The van der Waals surface area contributed by atoms with Gasteiger partial charge in [0.1, 0.15) is 17.5 Å². The lowest BCUT2D eigenvalue weighted by molar-refractivity contribution is -0.166. The van der Waals surface area contributed by atoms with Crippen LogP contribution < -0.4 is 5.32 Å². The zero-order valence-electron chi connectivity index (χ0n) is 22.4. The Hall–Kier alpha value is -4.18. The van der Waals surface area contributed by atoms with Crippen molar-refractivity contribution in [2.45, 2.75) is 36.1 Å². The van der Waals surface area contributed by atoms with Crippen LogP contribution in [0.3, 0.4) is 0 Å². The van der Waals surface area contributed by atoms with Crippen LogP contribution in [0, 0.1) is 0 Å². The van der Waals surface area contributed by atoms with Crippen LogP contribution in [0.25, 0.3) is 0 Å². The molecule has 42 heavy (non-hydrogen) atoms. The second kappa shape index (κ2) is 12.4. The molecule has 0 radical (unpaired) electrons. The minimum absolute atomic E-state index is 0.175. The number of thioether (sulfide) groups is 1. The molecule has 3 unspecified atom stereocenters. The quantitative estimate of drug-likeness (QED) is 0.208. The van der Waals surface area contributed by atoms with Crippen LogP contribution in [0.15, 0.2) is 119 Å². The number of thiophene rings is 1. The van der Waals surface area contributed by atoms with Gasteiger partial charge < -0.3 is 20.1 Å². The van der Waals surface area contributed by atoms with E-state index in [0.29, 0.717) is 11.1 Å². The molecule has 2 amide bonds. The summed E-state index contributed by atoms with van der Waals surface area (Å²) >= 11 is 2.78. The summed E-state index contributed by atoms with van der Waals surface area (Å²) in [5.74, 6) is -1.31. The van der Waals surface area contributed by atoms with E-state index in [4.69, 9.17) is 4.74 Å². The Labute approximate surface area is 251 Å². The summed E-state index contributed by atoms with van der Waals surface area (Å²) in [6, 6.07) is 29.6. The van der Waals surface area contributed by atoms with Crippen molar-refractivity contribution >= 4 is 40.9 Å². The molecule has 2 aliphatic rings. The number of amides is 2. The fourth-order valence-electron chi connectivity index (χ4n) is 5.26. The van der Waals surface area contributed by atoms with Crippen LogP contribution in [-0.4, -0.2) is 45.2 Å². The number of rotatable bonds is 9.